The maximum Gasteiger partial charge on any atom is 0.306 e. The van der Waals surface area contributed by atoms with Gasteiger partial charge in [-0.2, -0.15) is 5.10 Å². The van der Waals surface area contributed by atoms with Gasteiger partial charge in [0.05, 0.1) is 5.92 Å². The lowest BCUT2D eigenvalue weighted by Gasteiger charge is -2.10. The number of nitrogens with zero attached hydrogens (tertiary/aromatic N) is 1. The van der Waals surface area contributed by atoms with Gasteiger partial charge < -0.3 is 10.4 Å². The lowest BCUT2D eigenvalue weighted by atomic mass is 10.1. The molecule has 6 nitrogen and oxygen atoms in total. The van der Waals surface area contributed by atoms with Gasteiger partial charge in [0.2, 0.25) is 0 Å². The first-order chi connectivity index (χ1) is 9.45. The molecule has 1 aliphatic carbocycles. The van der Waals surface area contributed by atoms with E-state index < -0.39 is 5.97 Å². The lowest BCUT2D eigenvalue weighted by Crippen LogP contribution is -2.33. The van der Waals surface area contributed by atoms with Gasteiger partial charge in [-0.3, -0.25) is 14.7 Å². The van der Waals surface area contributed by atoms with Crippen molar-refractivity contribution in [3.63, 3.8) is 0 Å². The van der Waals surface area contributed by atoms with E-state index in [4.69, 9.17) is 5.11 Å². The van der Waals surface area contributed by atoms with Gasteiger partial charge in [-0.1, -0.05) is 13.8 Å². The molecule has 2 atom stereocenters. The summed E-state index contributed by atoms with van der Waals surface area (Å²) in [4.78, 5) is 22.9. The van der Waals surface area contributed by atoms with Crippen LogP contribution < -0.4 is 5.32 Å². The highest BCUT2D eigenvalue weighted by Crippen LogP contribution is 2.25. The number of hydrogen-bond acceptors (Lipinski definition) is 3. The van der Waals surface area contributed by atoms with E-state index in [9.17, 15) is 9.59 Å². The van der Waals surface area contributed by atoms with Crippen molar-refractivity contribution in [2.45, 2.75) is 45.6 Å². The molecule has 0 aromatic carbocycles. The highest BCUT2D eigenvalue weighted by atomic mass is 16.4. The van der Waals surface area contributed by atoms with Crippen molar-refractivity contribution >= 4 is 11.9 Å². The standard InChI is InChI=1S/C14H21N3O3/c1-8(2)5-11-7-12(17-16-11)13(18)15-10-4-3-9(6-10)14(19)20/h7-10H,3-6H2,1-2H3,(H,15,18)(H,16,17)(H,19,20). The molecule has 1 aromatic heterocycles. The minimum absolute atomic E-state index is 0.0613. The van der Waals surface area contributed by atoms with Gasteiger partial charge in [0, 0.05) is 11.7 Å². The summed E-state index contributed by atoms with van der Waals surface area (Å²) in [6.45, 7) is 4.20. The molecule has 0 bridgehead atoms. The summed E-state index contributed by atoms with van der Waals surface area (Å²) in [5, 5.41) is 18.7. The van der Waals surface area contributed by atoms with Crippen LogP contribution in [0, 0.1) is 11.8 Å². The molecule has 1 saturated carbocycles. The quantitative estimate of drug-likeness (QED) is 0.762. The fraction of sp³-hybridized carbons (Fsp3) is 0.643. The molecule has 0 spiro atoms. The molecule has 1 amide bonds. The molecule has 1 aromatic rings. The van der Waals surface area contributed by atoms with E-state index in [-0.39, 0.29) is 17.9 Å². The summed E-state index contributed by atoms with van der Waals surface area (Å²) in [5.41, 5.74) is 1.32. The first-order valence-electron chi connectivity index (χ1n) is 7.03. The maximum absolute atomic E-state index is 12.0. The Morgan fingerprint density at radius 2 is 2.25 bits per heavy atom. The van der Waals surface area contributed by atoms with Gasteiger partial charge >= 0.3 is 5.97 Å². The SMILES string of the molecule is CC(C)Cc1cc(C(=O)NC2CCC(C(=O)O)C2)n[nH]1. The van der Waals surface area contributed by atoms with Crippen molar-refractivity contribution < 1.29 is 14.7 Å². The second-order valence-electron chi connectivity index (χ2n) is 5.89. The van der Waals surface area contributed by atoms with E-state index in [0.29, 0.717) is 30.9 Å². The summed E-state index contributed by atoms with van der Waals surface area (Å²) in [6, 6.07) is 1.70. The van der Waals surface area contributed by atoms with Crippen LogP contribution in [0.2, 0.25) is 0 Å². The van der Waals surface area contributed by atoms with Gasteiger partial charge in [-0.25, -0.2) is 0 Å². The van der Waals surface area contributed by atoms with E-state index in [2.05, 4.69) is 29.4 Å². The van der Waals surface area contributed by atoms with Crippen molar-refractivity contribution in [3.8, 4) is 0 Å². The number of amides is 1. The number of carboxylic acids is 1. The number of carboxylic acid groups (broad SMARTS) is 1. The number of hydrogen-bond donors (Lipinski definition) is 3. The third-order valence-corrected chi connectivity index (χ3v) is 3.61. The summed E-state index contributed by atoms with van der Waals surface area (Å²) in [6.07, 6.45) is 2.70. The zero-order valence-corrected chi connectivity index (χ0v) is 11.8. The van der Waals surface area contributed by atoms with Gasteiger partial charge in [0.1, 0.15) is 5.69 Å². The summed E-state index contributed by atoms with van der Waals surface area (Å²) < 4.78 is 0. The molecule has 1 aliphatic rings. The van der Waals surface area contributed by atoms with Crippen LogP contribution in [0.1, 0.15) is 49.3 Å². The van der Waals surface area contributed by atoms with E-state index >= 15 is 0 Å². The predicted octanol–water partition coefficient (Wildman–Crippen LogP) is 1.59. The fourth-order valence-electron chi connectivity index (χ4n) is 2.62. The molecule has 3 N–H and O–H groups in total. The fourth-order valence-corrected chi connectivity index (χ4v) is 2.62. The monoisotopic (exact) mass is 279 g/mol. The third kappa shape index (κ3) is 3.59. The second-order valence-corrected chi connectivity index (χ2v) is 5.89. The number of rotatable bonds is 5. The number of aliphatic carboxylic acids is 1. The molecular formula is C14H21N3O3. The first-order valence-corrected chi connectivity index (χ1v) is 7.03. The van der Waals surface area contributed by atoms with Crippen LogP contribution in [0.4, 0.5) is 0 Å². The Hall–Kier alpha value is -1.85. The third-order valence-electron chi connectivity index (χ3n) is 3.61. The van der Waals surface area contributed by atoms with Crippen molar-refractivity contribution in [1.82, 2.24) is 15.5 Å². The minimum Gasteiger partial charge on any atom is -0.481 e. The molecule has 20 heavy (non-hydrogen) atoms. The Kier molecular flexibility index (Phi) is 4.42. The Bertz CT molecular complexity index is 496. The molecule has 2 unspecified atom stereocenters. The van der Waals surface area contributed by atoms with Crippen LogP contribution in [0.15, 0.2) is 6.07 Å². The number of aromatic amines is 1. The van der Waals surface area contributed by atoms with Crippen LogP contribution in [0.3, 0.4) is 0 Å². The topological polar surface area (TPSA) is 95.1 Å². The minimum atomic E-state index is -0.777. The Balaban J connectivity index is 1.89. The van der Waals surface area contributed by atoms with Gasteiger partial charge in [0.25, 0.3) is 5.91 Å². The normalized spacial score (nSPS) is 22.1. The second kappa shape index (κ2) is 6.07. The predicted molar refractivity (Wildman–Crippen MR) is 73.4 cm³/mol. The molecule has 6 heteroatoms. The zero-order chi connectivity index (χ0) is 14.7. The van der Waals surface area contributed by atoms with E-state index in [1.165, 1.54) is 0 Å². The Morgan fingerprint density at radius 3 is 2.85 bits per heavy atom. The zero-order valence-electron chi connectivity index (χ0n) is 11.8. The highest BCUT2D eigenvalue weighted by molar-refractivity contribution is 5.92. The molecule has 1 heterocycles. The van der Waals surface area contributed by atoms with E-state index in [1.54, 1.807) is 6.07 Å². The van der Waals surface area contributed by atoms with Crippen LogP contribution in [0.5, 0.6) is 0 Å². The average Bonchev–Trinajstić information content (AvgIpc) is 2.97. The number of carbonyl (C=O) groups is 2. The Morgan fingerprint density at radius 1 is 1.50 bits per heavy atom. The molecular weight excluding hydrogens is 258 g/mol. The molecule has 110 valence electrons. The number of carbonyl (C=O) groups excluding carboxylic acids is 1. The van der Waals surface area contributed by atoms with Crippen molar-refractivity contribution in [2.75, 3.05) is 0 Å². The van der Waals surface area contributed by atoms with Crippen molar-refractivity contribution in [2.24, 2.45) is 11.8 Å². The lowest BCUT2D eigenvalue weighted by molar-refractivity contribution is -0.141. The van der Waals surface area contributed by atoms with Crippen LogP contribution in [-0.4, -0.2) is 33.2 Å². The van der Waals surface area contributed by atoms with Crippen molar-refractivity contribution in [1.29, 1.82) is 0 Å². The van der Waals surface area contributed by atoms with Gasteiger partial charge in [-0.15, -0.1) is 0 Å². The number of H-pyrrole nitrogens is 1. The summed E-state index contributed by atoms with van der Waals surface area (Å²) >= 11 is 0. The van der Waals surface area contributed by atoms with Crippen molar-refractivity contribution in [3.05, 3.63) is 17.5 Å². The van der Waals surface area contributed by atoms with Gasteiger partial charge in [-0.05, 0) is 37.7 Å². The Labute approximate surface area is 118 Å². The smallest absolute Gasteiger partial charge is 0.306 e. The maximum atomic E-state index is 12.0. The van der Waals surface area contributed by atoms with Crippen LogP contribution in [0.25, 0.3) is 0 Å². The largest absolute Gasteiger partial charge is 0.481 e. The van der Waals surface area contributed by atoms with Crippen LogP contribution in [-0.2, 0) is 11.2 Å². The van der Waals surface area contributed by atoms with E-state index in [1.807, 2.05) is 0 Å². The average molecular weight is 279 g/mol. The van der Waals surface area contributed by atoms with Crippen LogP contribution >= 0.6 is 0 Å². The molecule has 0 radical (unpaired) electrons. The summed E-state index contributed by atoms with van der Waals surface area (Å²) in [5.74, 6) is -0.846. The van der Waals surface area contributed by atoms with E-state index in [0.717, 1.165) is 12.1 Å². The summed E-state index contributed by atoms with van der Waals surface area (Å²) in [7, 11) is 0. The molecule has 1 fully saturated rings. The number of aromatic nitrogens is 2. The number of nitrogens with one attached hydrogen (secondary N) is 2. The molecule has 0 aliphatic heterocycles. The first kappa shape index (κ1) is 14.6. The highest BCUT2D eigenvalue weighted by Gasteiger charge is 2.31. The molecule has 2 rings (SSSR count). The molecule has 0 saturated heterocycles. The van der Waals surface area contributed by atoms with Gasteiger partial charge in [0.15, 0.2) is 0 Å².